The van der Waals surface area contributed by atoms with Gasteiger partial charge in [-0.25, -0.2) is 9.69 Å². The van der Waals surface area contributed by atoms with Gasteiger partial charge >= 0.3 is 5.97 Å². The molecule has 1 saturated heterocycles. The van der Waals surface area contributed by atoms with Crippen LogP contribution in [0.4, 0.5) is 5.69 Å². The van der Waals surface area contributed by atoms with E-state index in [9.17, 15) is 14.4 Å². The highest BCUT2D eigenvalue weighted by Crippen LogP contribution is 2.30. The molecule has 0 radical (unpaired) electrons. The van der Waals surface area contributed by atoms with Crippen LogP contribution in [-0.2, 0) is 14.3 Å². The van der Waals surface area contributed by atoms with Gasteiger partial charge in [-0.15, -0.1) is 0 Å². The molecule has 2 fully saturated rings. The fourth-order valence-electron chi connectivity index (χ4n) is 3.91. The molecule has 1 atom stereocenters. The lowest BCUT2D eigenvalue weighted by Gasteiger charge is -2.34. The fourth-order valence-corrected chi connectivity index (χ4v) is 3.91. The maximum absolute atomic E-state index is 12.9. The van der Waals surface area contributed by atoms with Crippen molar-refractivity contribution in [1.29, 1.82) is 0 Å². The first-order chi connectivity index (χ1) is 12.5. The Hall–Kier alpha value is -2.21. The van der Waals surface area contributed by atoms with Crippen molar-refractivity contribution in [3.05, 3.63) is 29.8 Å². The average molecular weight is 358 g/mol. The monoisotopic (exact) mass is 358 g/mol. The molecule has 0 unspecified atom stereocenters. The van der Waals surface area contributed by atoms with Gasteiger partial charge in [-0.05, 0) is 51.1 Å². The van der Waals surface area contributed by atoms with Gasteiger partial charge in [-0.2, -0.15) is 0 Å². The Balaban J connectivity index is 1.73. The van der Waals surface area contributed by atoms with E-state index in [0.717, 1.165) is 12.8 Å². The number of nitrogens with zero attached hydrogens (tertiary/aromatic N) is 2. The largest absolute Gasteiger partial charge is 0.462 e. The molecular formula is C20H26N2O4. The van der Waals surface area contributed by atoms with Gasteiger partial charge in [-0.3, -0.25) is 14.5 Å². The Morgan fingerprint density at radius 1 is 1.15 bits per heavy atom. The SMILES string of the molecule is CCOC(=O)c1ccc(N2C(=O)C[C@@H](N(C)C3CCCCC3)C2=O)cc1. The van der Waals surface area contributed by atoms with Crippen LogP contribution in [0.1, 0.15) is 55.8 Å². The third-order valence-corrected chi connectivity index (χ3v) is 5.40. The molecule has 6 heteroatoms. The summed E-state index contributed by atoms with van der Waals surface area (Å²) >= 11 is 0. The molecule has 1 saturated carbocycles. The lowest BCUT2D eigenvalue weighted by molar-refractivity contribution is -0.123. The lowest BCUT2D eigenvalue weighted by atomic mass is 9.93. The minimum Gasteiger partial charge on any atom is -0.462 e. The summed E-state index contributed by atoms with van der Waals surface area (Å²) in [6.07, 6.45) is 6.00. The van der Waals surface area contributed by atoms with Crippen molar-refractivity contribution in [2.24, 2.45) is 0 Å². The van der Waals surface area contributed by atoms with E-state index < -0.39 is 12.0 Å². The number of rotatable bonds is 5. The van der Waals surface area contributed by atoms with Crippen LogP contribution in [0.25, 0.3) is 0 Å². The van der Waals surface area contributed by atoms with Crippen molar-refractivity contribution in [3.63, 3.8) is 0 Å². The summed E-state index contributed by atoms with van der Waals surface area (Å²) in [5.41, 5.74) is 0.915. The number of hydrogen-bond donors (Lipinski definition) is 0. The minimum atomic E-state index is -0.409. The normalized spacial score (nSPS) is 21.5. The Bertz CT molecular complexity index is 680. The van der Waals surface area contributed by atoms with Crippen LogP contribution in [0.5, 0.6) is 0 Å². The Morgan fingerprint density at radius 2 is 1.81 bits per heavy atom. The number of amides is 2. The molecule has 2 amide bonds. The van der Waals surface area contributed by atoms with Crippen molar-refractivity contribution in [3.8, 4) is 0 Å². The summed E-state index contributed by atoms with van der Waals surface area (Å²) in [5.74, 6) is -0.772. The van der Waals surface area contributed by atoms with Crippen molar-refractivity contribution >= 4 is 23.5 Å². The van der Waals surface area contributed by atoms with E-state index in [0.29, 0.717) is 23.9 Å². The molecule has 0 spiro atoms. The Morgan fingerprint density at radius 3 is 2.42 bits per heavy atom. The van der Waals surface area contributed by atoms with E-state index in [1.807, 2.05) is 7.05 Å². The van der Waals surface area contributed by atoms with Gasteiger partial charge in [0.2, 0.25) is 5.91 Å². The zero-order valence-electron chi connectivity index (χ0n) is 15.4. The van der Waals surface area contributed by atoms with Crippen LogP contribution in [0.2, 0.25) is 0 Å². The van der Waals surface area contributed by atoms with E-state index in [2.05, 4.69) is 4.90 Å². The first kappa shape index (κ1) is 18.6. The zero-order valence-corrected chi connectivity index (χ0v) is 15.4. The molecule has 0 aromatic heterocycles. The molecule has 0 bridgehead atoms. The number of likely N-dealkylation sites (N-methyl/N-ethyl adjacent to an activating group) is 1. The molecule has 1 aromatic rings. The number of hydrogen-bond acceptors (Lipinski definition) is 5. The van der Waals surface area contributed by atoms with E-state index in [1.165, 1.54) is 24.2 Å². The van der Waals surface area contributed by atoms with E-state index in [-0.39, 0.29) is 18.2 Å². The van der Waals surface area contributed by atoms with Gasteiger partial charge in [0.05, 0.1) is 30.3 Å². The highest BCUT2D eigenvalue weighted by Gasteiger charge is 2.43. The van der Waals surface area contributed by atoms with Crippen molar-refractivity contribution < 1.29 is 19.1 Å². The molecule has 3 rings (SSSR count). The second-order valence-electron chi connectivity index (χ2n) is 7.01. The molecule has 1 aliphatic heterocycles. The number of esters is 1. The van der Waals surface area contributed by atoms with Crippen molar-refractivity contribution in [2.75, 3.05) is 18.6 Å². The quantitative estimate of drug-likeness (QED) is 0.598. The van der Waals surface area contributed by atoms with Crippen LogP contribution >= 0.6 is 0 Å². The summed E-state index contributed by atoms with van der Waals surface area (Å²) in [4.78, 5) is 40.5. The molecule has 1 heterocycles. The minimum absolute atomic E-state index is 0.174. The molecule has 2 aliphatic rings. The van der Waals surface area contributed by atoms with Crippen LogP contribution < -0.4 is 4.90 Å². The number of ether oxygens (including phenoxy) is 1. The summed E-state index contributed by atoms with van der Waals surface area (Å²) in [6.45, 7) is 2.05. The molecule has 140 valence electrons. The third-order valence-electron chi connectivity index (χ3n) is 5.40. The summed E-state index contributed by atoms with van der Waals surface area (Å²) < 4.78 is 4.96. The van der Waals surface area contributed by atoms with Crippen molar-refractivity contribution in [2.45, 2.75) is 57.5 Å². The number of carbonyl (C=O) groups excluding carboxylic acids is 3. The average Bonchev–Trinajstić information content (AvgIpc) is 2.96. The van der Waals surface area contributed by atoms with E-state index >= 15 is 0 Å². The molecule has 1 aromatic carbocycles. The van der Waals surface area contributed by atoms with Crippen LogP contribution in [-0.4, -0.2) is 48.4 Å². The topological polar surface area (TPSA) is 66.9 Å². The standard InChI is InChI=1S/C20H26N2O4/c1-3-26-20(25)14-9-11-16(12-10-14)22-18(23)13-17(19(22)24)21(2)15-7-5-4-6-8-15/h9-12,15,17H,3-8,13H2,1-2H3/t17-/m1/s1. The second kappa shape index (κ2) is 7.99. The van der Waals surface area contributed by atoms with Gasteiger partial charge in [-0.1, -0.05) is 19.3 Å². The maximum Gasteiger partial charge on any atom is 0.338 e. The lowest BCUT2D eigenvalue weighted by Crippen LogP contribution is -2.45. The molecule has 26 heavy (non-hydrogen) atoms. The van der Waals surface area contributed by atoms with Gasteiger partial charge in [0.15, 0.2) is 0 Å². The molecule has 1 aliphatic carbocycles. The molecule has 6 nitrogen and oxygen atoms in total. The summed E-state index contributed by atoms with van der Waals surface area (Å²) in [7, 11) is 1.96. The van der Waals surface area contributed by atoms with Gasteiger partial charge in [0.1, 0.15) is 0 Å². The molecule has 0 N–H and O–H groups in total. The number of benzene rings is 1. The summed E-state index contributed by atoms with van der Waals surface area (Å²) in [5, 5.41) is 0. The predicted octanol–water partition coefficient (Wildman–Crippen LogP) is 2.76. The van der Waals surface area contributed by atoms with Crippen LogP contribution in [0.15, 0.2) is 24.3 Å². The Labute approximate surface area is 154 Å². The van der Waals surface area contributed by atoms with Gasteiger partial charge in [0, 0.05) is 6.04 Å². The van der Waals surface area contributed by atoms with Crippen molar-refractivity contribution in [1.82, 2.24) is 4.90 Å². The van der Waals surface area contributed by atoms with Crippen LogP contribution in [0.3, 0.4) is 0 Å². The van der Waals surface area contributed by atoms with Gasteiger partial charge in [0.25, 0.3) is 5.91 Å². The van der Waals surface area contributed by atoms with Gasteiger partial charge < -0.3 is 4.74 Å². The predicted molar refractivity (Wildman–Crippen MR) is 97.9 cm³/mol. The number of carbonyl (C=O) groups is 3. The maximum atomic E-state index is 12.9. The first-order valence-corrected chi connectivity index (χ1v) is 9.39. The fraction of sp³-hybridized carbons (Fsp3) is 0.550. The first-order valence-electron chi connectivity index (χ1n) is 9.39. The molecular weight excluding hydrogens is 332 g/mol. The highest BCUT2D eigenvalue weighted by atomic mass is 16.5. The number of imide groups is 1. The van der Waals surface area contributed by atoms with Crippen LogP contribution in [0, 0.1) is 0 Å². The Kier molecular flexibility index (Phi) is 5.71. The number of anilines is 1. The third kappa shape index (κ3) is 3.65. The smallest absolute Gasteiger partial charge is 0.338 e. The van der Waals surface area contributed by atoms with E-state index in [1.54, 1.807) is 31.2 Å². The second-order valence-corrected chi connectivity index (χ2v) is 7.01. The highest BCUT2D eigenvalue weighted by molar-refractivity contribution is 6.22. The summed E-state index contributed by atoms with van der Waals surface area (Å²) in [6, 6.07) is 6.42. The zero-order chi connectivity index (χ0) is 18.7. The van der Waals surface area contributed by atoms with E-state index in [4.69, 9.17) is 4.74 Å².